The van der Waals surface area contributed by atoms with Crippen LogP contribution in [0.3, 0.4) is 0 Å². The summed E-state index contributed by atoms with van der Waals surface area (Å²) >= 11 is 1.51. The number of imidazole rings is 1. The zero-order valence-electron chi connectivity index (χ0n) is 17.4. The predicted molar refractivity (Wildman–Crippen MR) is 123 cm³/mol. The Morgan fingerprint density at radius 3 is 2.58 bits per heavy atom. The fourth-order valence-electron chi connectivity index (χ4n) is 3.37. The summed E-state index contributed by atoms with van der Waals surface area (Å²) in [5, 5.41) is 3.73. The molecule has 2 aromatic heterocycles. The van der Waals surface area contributed by atoms with Crippen LogP contribution in [0.4, 0.5) is 10.1 Å². The van der Waals surface area contributed by atoms with Crippen molar-refractivity contribution >= 4 is 34.5 Å². The molecule has 0 radical (unpaired) electrons. The fraction of sp³-hybridized carbons (Fsp3) is 0.208. The maximum Gasteiger partial charge on any atom is 0.247 e. The van der Waals surface area contributed by atoms with E-state index in [0.717, 1.165) is 22.3 Å². The van der Waals surface area contributed by atoms with E-state index < -0.39 is 6.04 Å². The molecule has 0 aliphatic carbocycles. The van der Waals surface area contributed by atoms with E-state index in [0.29, 0.717) is 23.0 Å². The molecular weight excluding hydrogens is 411 g/mol. The standard InChI is InChI=1S/C24H23FN4OS/c1-3-21(23(30)27-19-12-6-16(2)7-13-19)29-22-20(5-4-14-26-22)28-24(29)31-15-17-8-10-18(25)11-9-17/h4-14,21H,3,15H2,1-2H3,(H,27,30). The average molecular weight is 435 g/mol. The molecule has 0 saturated carbocycles. The molecule has 31 heavy (non-hydrogen) atoms. The van der Waals surface area contributed by atoms with Crippen LogP contribution in [0.15, 0.2) is 72.0 Å². The summed E-state index contributed by atoms with van der Waals surface area (Å²) in [5.74, 6) is 0.239. The first-order valence-electron chi connectivity index (χ1n) is 10.1. The van der Waals surface area contributed by atoms with E-state index in [9.17, 15) is 9.18 Å². The minimum absolute atomic E-state index is 0.111. The molecule has 1 atom stereocenters. The third kappa shape index (κ3) is 4.77. The van der Waals surface area contributed by atoms with Crippen molar-refractivity contribution in [3.63, 3.8) is 0 Å². The van der Waals surface area contributed by atoms with E-state index in [1.165, 1.54) is 23.9 Å². The first-order chi connectivity index (χ1) is 15.0. The Kier molecular flexibility index (Phi) is 6.32. The van der Waals surface area contributed by atoms with Crippen molar-refractivity contribution in [3.05, 3.63) is 83.8 Å². The van der Waals surface area contributed by atoms with E-state index in [1.807, 2.05) is 54.8 Å². The van der Waals surface area contributed by atoms with Gasteiger partial charge in [-0.1, -0.05) is 48.5 Å². The van der Waals surface area contributed by atoms with E-state index in [4.69, 9.17) is 4.98 Å². The second-order valence-electron chi connectivity index (χ2n) is 7.30. The van der Waals surface area contributed by atoms with Crippen LogP contribution in [-0.4, -0.2) is 20.4 Å². The lowest BCUT2D eigenvalue weighted by Crippen LogP contribution is -2.26. The number of aromatic nitrogens is 3. The van der Waals surface area contributed by atoms with Gasteiger partial charge in [0.15, 0.2) is 10.8 Å². The monoisotopic (exact) mass is 434 g/mol. The smallest absolute Gasteiger partial charge is 0.247 e. The molecule has 4 aromatic rings. The highest BCUT2D eigenvalue weighted by atomic mass is 32.2. The van der Waals surface area contributed by atoms with Gasteiger partial charge in [0.1, 0.15) is 17.4 Å². The molecule has 0 spiro atoms. The van der Waals surface area contributed by atoms with Gasteiger partial charge in [-0.05, 0) is 55.3 Å². The Morgan fingerprint density at radius 1 is 1.13 bits per heavy atom. The summed E-state index contributed by atoms with van der Waals surface area (Å²) < 4.78 is 15.1. The molecule has 2 aromatic carbocycles. The molecule has 158 valence electrons. The Balaban J connectivity index is 1.64. The maximum absolute atomic E-state index is 13.2. The molecule has 0 aliphatic rings. The molecule has 4 rings (SSSR count). The number of aryl methyl sites for hydroxylation is 1. The molecule has 2 heterocycles. The Bertz CT molecular complexity index is 1190. The Labute approximate surface area is 184 Å². The van der Waals surface area contributed by atoms with Crippen LogP contribution in [0.5, 0.6) is 0 Å². The number of hydrogen-bond donors (Lipinski definition) is 1. The number of benzene rings is 2. The van der Waals surface area contributed by atoms with E-state index in [-0.39, 0.29) is 11.7 Å². The van der Waals surface area contributed by atoms with Crippen molar-refractivity contribution in [1.29, 1.82) is 0 Å². The Morgan fingerprint density at radius 2 is 1.87 bits per heavy atom. The molecule has 5 nitrogen and oxygen atoms in total. The third-order valence-corrected chi connectivity index (χ3v) is 6.04. The summed E-state index contributed by atoms with van der Waals surface area (Å²) in [6.45, 7) is 3.98. The normalized spacial score (nSPS) is 12.1. The average Bonchev–Trinajstić information content (AvgIpc) is 3.14. The number of thioether (sulfide) groups is 1. The van der Waals surface area contributed by atoms with Crippen molar-refractivity contribution in [2.75, 3.05) is 5.32 Å². The first-order valence-corrected chi connectivity index (χ1v) is 11.1. The highest BCUT2D eigenvalue weighted by Crippen LogP contribution is 2.31. The quantitative estimate of drug-likeness (QED) is 0.376. The molecule has 7 heteroatoms. The topological polar surface area (TPSA) is 59.8 Å². The lowest BCUT2D eigenvalue weighted by Gasteiger charge is -2.19. The van der Waals surface area contributed by atoms with Gasteiger partial charge in [0.05, 0.1) is 0 Å². The van der Waals surface area contributed by atoms with E-state index in [1.54, 1.807) is 18.3 Å². The highest BCUT2D eigenvalue weighted by Gasteiger charge is 2.25. The molecular formula is C24H23FN4OS. The summed E-state index contributed by atoms with van der Waals surface area (Å²) in [7, 11) is 0. The molecule has 0 bridgehead atoms. The molecule has 0 saturated heterocycles. The lowest BCUT2D eigenvalue weighted by molar-refractivity contribution is -0.119. The van der Waals surface area contributed by atoms with Crippen molar-refractivity contribution in [2.45, 2.75) is 37.2 Å². The van der Waals surface area contributed by atoms with Gasteiger partial charge in [-0.3, -0.25) is 9.36 Å². The van der Waals surface area contributed by atoms with Crippen LogP contribution < -0.4 is 5.32 Å². The van der Waals surface area contributed by atoms with Crippen LogP contribution in [0.1, 0.15) is 30.5 Å². The number of hydrogen-bond acceptors (Lipinski definition) is 4. The van der Waals surface area contributed by atoms with Crippen LogP contribution in [0.2, 0.25) is 0 Å². The van der Waals surface area contributed by atoms with Crippen molar-refractivity contribution in [3.8, 4) is 0 Å². The van der Waals surface area contributed by atoms with Gasteiger partial charge in [0.2, 0.25) is 5.91 Å². The number of carbonyl (C=O) groups excluding carboxylic acids is 1. The molecule has 0 aliphatic heterocycles. The summed E-state index contributed by atoms with van der Waals surface area (Å²) in [5.41, 5.74) is 4.29. The number of carbonyl (C=O) groups is 1. The second-order valence-corrected chi connectivity index (χ2v) is 8.25. The first kappa shape index (κ1) is 21.1. The maximum atomic E-state index is 13.2. The third-order valence-electron chi connectivity index (χ3n) is 5.02. The van der Waals surface area contributed by atoms with Gasteiger partial charge in [-0.25, -0.2) is 14.4 Å². The van der Waals surface area contributed by atoms with Gasteiger partial charge in [-0.15, -0.1) is 0 Å². The van der Waals surface area contributed by atoms with Crippen molar-refractivity contribution in [1.82, 2.24) is 14.5 Å². The Hall–Kier alpha value is -3.19. The van der Waals surface area contributed by atoms with Crippen LogP contribution >= 0.6 is 11.8 Å². The molecule has 1 unspecified atom stereocenters. The SMILES string of the molecule is CCC(C(=O)Nc1ccc(C)cc1)n1c(SCc2ccc(F)cc2)nc2cccnc21. The van der Waals surface area contributed by atoms with Gasteiger partial charge in [0, 0.05) is 17.6 Å². The molecule has 1 amide bonds. The van der Waals surface area contributed by atoms with Gasteiger partial charge in [0.25, 0.3) is 0 Å². The van der Waals surface area contributed by atoms with Gasteiger partial charge in [-0.2, -0.15) is 0 Å². The number of pyridine rings is 1. The van der Waals surface area contributed by atoms with Crippen LogP contribution in [0, 0.1) is 12.7 Å². The highest BCUT2D eigenvalue weighted by molar-refractivity contribution is 7.98. The minimum atomic E-state index is -0.461. The van der Waals surface area contributed by atoms with Crippen molar-refractivity contribution in [2.24, 2.45) is 0 Å². The minimum Gasteiger partial charge on any atom is -0.324 e. The number of halogens is 1. The number of nitrogens with zero attached hydrogens (tertiary/aromatic N) is 3. The lowest BCUT2D eigenvalue weighted by atomic mass is 10.2. The largest absolute Gasteiger partial charge is 0.324 e. The van der Waals surface area contributed by atoms with Crippen LogP contribution in [0.25, 0.3) is 11.2 Å². The molecule has 0 fully saturated rings. The van der Waals surface area contributed by atoms with E-state index in [2.05, 4.69) is 10.3 Å². The summed E-state index contributed by atoms with van der Waals surface area (Å²) in [6, 6.07) is 17.4. The van der Waals surface area contributed by atoms with Crippen molar-refractivity contribution < 1.29 is 9.18 Å². The van der Waals surface area contributed by atoms with Crippen LogP contribution in [-0.2, 0) is 10.5 Å². The fourth-order valence-corrected chi connectivity index (χ4v) is 4.37. The summed E-state index contributed by atoms with van der Waals surface area (Å²) in [4.78, 5) is 22.4. The van der Waals surface area contributed by atoms with E-state index >= 15 is 0 Å². The second kappa shape index (κ2) is 9.31. The number of rotatable bonds is 7. The summed E-state index contributed by atoms with van der Waals surface area (Å²) in [6.07, 6.45) is 2.30. The van der Waals surface area contributed by atoms with Gasteiger partial charge < -0.3 is 5.32 Å². The predicted octanol–water partition coefficient (Wildman–Crippen LogP) is 5.76. The van der Waals surface area contributed by atoms with Gasteiger partial charge >= 0.3 is 0 Å². The zero-order chi connectivity index (χ0) is 21.8. The number of nitrogens with one attached hydrogen (secondary N) is 1. The number of fused-ring (bicyclic) bond motifs is 1. The molecule has 1 N–H and O–H groups in total. The number of anilines is 1. The zero-order valence-corrected chi connectivity index (χ0v) is 18.2. The number of amides is 1.